The van der Waals surface area contributed by atoms with Crippen LogP contribution in [0.1, 0.15) is 34.8 Å². The van der Waals surface area contributed by atoms with E-state index in [2.05, 4.69) is 34.1 Å². The fourth-order valence-electron chi connectivity index (χ4n) is 3.04. The van der Waals surface area contributed by atoms with Crippen LogP contribution >= 0.6 is 0 Å². The minimum absolute atomic E-state index is 0.0106. The molecule has 4 nitrogen and oxygen atoms in total. The molecular weight excluding hydrogens is 298 g/mol. The van der Waals surface area contributed by atoms with Gasteiger partial charge in [-0.15, -0.1) is 0 Å². The summed E-state index contributed by atoms with van der Waals surface area (Å²) in [4.78, 5) is 16.8. The zero-order valence-corrected chi connectivity index (χ0v) is 14.2. The molecule has 0 bridgehead atoms. The lowest BCUT2D eigenvalue weighted by Crippen LogP contribution is -2.26. The molecule has 0 atom stereocenters. The first kappa shape index (κ1) is 16.2. The Morgan fingerprint density at radius 2 is 2.04 bits per heavy atom. The molecule has 1 aromatic carbocycles. The number of benzene rings is 1. The molecule has 4 heteroatoms. The van der Waals surface area contributed by atoms with Gasteiger partial charge in [-0.2, -0.15) is 0 Å². The molecule has 1 N–H and O–H groups in total. The second kappa shape index (κ2) is 7.30. The number of amides is 1. The van der Waals surface area contributed by atoms with E-state index in [1.165, 1.54) is 10.9 Å². The summed E-state index contributed by atoms with van der Waals surface area (Å²) in [5.41, 5.74) is 4.00. The second-order valence-corrected chi connectivity index (χ2v) is 6.04. The number of rotatable bonds is 6. The molecule has 2 aromatic heterocycles. The lowest BCUT2D eigenvalue weighted by Gasteiger charge is -2.07. The van der Waals surface area contributed by atoms with E-state index in [0.29, 0.717) is 6.54 Å². The Hall–Kier alpha value is -2.62. The van der Waals surface area contributed by atoms with Crippen molar-refractivity contribution in [2.24, 2.45) is 0 Å². The molecule has 0 aliphatic carbocycles. The highest BCUT2D eigenvalue weighted by Crippen LogP contribution is 2.20. The number of aryl methyl sites for hydroxylation is 2. The number of pyridine rings is 1. The van der Waals surface area contributed by atoms with Crippen LogP contribution in [0, 0.1) is 6.92 Å². The van der Waals surface area contributed by atoms with Gasteiger partial charge in [-0.1, -0.05) is 25.1 Å². The predicted molar refractivity (Wildman–Crippen MR) is 97.2 cm³/mol. The zero-order chi connectivity index (χ0) is 16.9. The molecule has 124 valence electrons. The van der Waals surface area contributed by atoms with E-state index in [1.807, 2.05) is 43.5 Å². The van der Waals surface area contributed by atoms with Gasteiger partial charge in [0, 0.05) is 36.4 Å². The number of hydrogen-bond donors (Lipinski definition) is 1. The maximum atomic E-state index is 12.3. The van der Waals surface area contributed by atoms with E-state index >= 15 is 0 Å². The van der Waals surface area contributed by atoms with Crippen molar-refractivity contribution in [1.29, 1.82) is 0 Å². The highest BCUT2D eigenvalue weighted by molar-refractivity contribution is 5.95. The molecule has 0 saturated carbocycles. The lowest BCUT2D eigenvalue weighted by atomic mass is 10.1. The van der Waals surface area contributed by atoms with Crippen molar-refractivity contribution in [3.63, 3.8) is 0 Å². The molecule has 0 radical (unpaired) electrons. The van der Waals surface area contributed by atoms with Gasteiger partial charge >= 0.3 is 0 Å². The van der Waals surface area contributed by atoms with Gasteiger partial charge in [0.1, 0.15) is 5.65 Å². The quantitative estimate of drug-likeness (QED) is 0.752. The fraction of sp³-hybridized carbons (Fsp3) is 0.300. The molecule has 2 heterocycles. The predicted octanol–water partition coefficient (Wildman–Crippen LogP) is 3.73. The molecular formula is C20H23N3O. The van der Waals surface area contributed by atoms with E-state index in [1.54, 1.807) is 0 Å². The van der Waals surface area contributed by atoms with Gasteiger partial charge in [0.25, 0.3) is 5.91 Å². The van der Waals surface area contributed by atoms with Crippen molar-refractivity contribution in [2.45, 2.75) is 33.2 Å². The van der Waals surface area contributed by atoms with Crippen LogP contribution in [-0.4, -0.2) is 22.0 Å². The average Bonchev–Trinajstić information content (AvgIpc) is 2.94. The average molecular weight is 321 g/mol. The van der Waals surface area contributed by atoms with E-state index in [-0.39, 0.29) is 5.91 Å². The van der Waals surface area contributed by atoms with Gasteiger partial charge in [0.15, 0.2) is 0 Å². The lowest BCUT2D eigenvalue weighted by molar-refractivity contribution is 0.0953. The van der Waals surface area contributed by atoms with Crippen LogP contribution in [0.25, 0.3) is 11.0 Å². The van der Waals surface area contributed by atoms with Gasteiger partial charge in [0.2, 0.25) is 0 Å². The third-order valence-electron chi connectivity index (χ3n) is 4.25. The Kier molecular flexibility index (Phi) is 4.94. The van der Waals surface area contributed by atoms with Crippen molar-refractivity contribution in [1.82, 2.24) is 14.9 Å². The third-order valence-corrected chi connectivity index (χ3v) is 4.25. The first-order valence-corrected chi connectivity index (χ1v) is 8.47. The first-order valence-electron chi connectivity index (χ1n) is 8.47. The first-order chi connectivity index (χ1) is 11.7. The molecule has 0 aliphatic heterocycles. The zero-order valence-electron chi connectivity index (χ0n) is 14.2. The van der Waals surface area contributed by atoms with Crippen LogP contribution in [0.15, 0.2) is 48.8 Å². The smallest absolute Gasteiger partial charge is 0.251 e. The maximum absolute atomic E-state index is 12.3. The van der Waals surface area contributed by atoms with E-state index in [4.69, 9.17) is 0 Å². The summed E-state index contributed by atoms with van der Waals surface area (Å²) in [6, 6.07) is 11.7. The summed E-state index contributed by atoms with van der Waals surface area (Å²) in [5.74, 6) is -0.0106. The number of carbonyl (C=O) groups excluding carboxylic acids is 1. The minimum atomic E-state index is -0.0106. The number of hydrogen-bond acceptors (Lipinski definition) is 2. The SMILES string of the molecule is CCCn1cc(CCNC(=O)c2ccccc2C)c2cccnc21. The van der Waals surface area contributed by atoms with Crippen molar-refractivity contribution in [3.8, 4) is 0 Å². The summed E-state index contributed by atoms with van der Waals surface area (Å²) in [5, 5.41) is 4.20. The van der Waals surface area contributed by atoms with Gasteiger partial charge in [0.05, 0.1) is 0 Å². The highest BCUT2D eigenvalue weighted by Gasteiger charge is 2.11. The number of carbonyl (C=O) groups is 1. The summed E-state index contributed by atoms with van der Waals surface area (Å²) < 4.78 is 2.20. The van der Waals surface area contributed by atoms with Gasteiger partial charge in [-0.05, 0) is 49.1 Å². The topological polar surface area (TPSA) is 46.9 Å². The van der Waals surface area contributed by atoms with E-state index in [0.717, 1.165) is 36.2 Å². The summed E-state index contributed by atoms with van der Waals surface area (Å²) >= 11 is 0. The molecule has 0 spiro atoms. The standard InChI is InChI=1S/C20H23N3O/c1-3-13-23-14-16(18-9-6-11-21-19(18)23)10-12-22-20(24)17-8-5-4-7-15(17)2/h4-9,11,14H,3,10,12-13H2,1-2H3,(H,22,24). The Morgan fingerprint density at radius 3 is 2.83 bits per heavy atom. The Bertz CT molecular complexity index is 851. The fourth-order valence-corrected chi connectivity index (χ4v) is 3.04. The molecule has 0 saturated heterocycles. The molecule has 0 unspecified atom stereocenters. The highest BCUT2D eigenvalue weighted by atomic mass is 16.1. The molecule has 1 amide bonds. The maximum Gasteiger partial charge on any atom is 0.251 e. The van der Waals surface area contributed by atoms with E-state index < -0.39 is 0 Å². The van der Waals surface area contributed by atoms with Gasteiger partial charge in [-0.25, -0.2) is 4.98 Å². The third kappa shape index (κ3) is 3.32. The number of fused-ring (bicyclic) bond motifs is 1. The largest absolute Gasteiger partial charge is 0.352 e. The van der Waals surface area contributed by atoms with Crippen LogP contribution < -0.4 is 5.32 Å². The summed E-state index contributed by atoms with van der Waals surface area (Å²) in [6.45, 7) is 5.70. The number of aromatic nitrogens is 2. The molecule has 0 aliphatic rings. The summed E-state index contributed by atoms with van der Waals surface area (Å²) in [6.07, 6.45) is 5.87. The van der Waals surface area contributed by atoms with Crippen LogP contribution in [0.4, 0.5) is 0 Å². The van der Waals surface area contributed by atoms with Crippen LogP contribution in [0.5, 0.6) is 0 Å². The molecule has 3 rings (SSSR count). The van der Waals surface area contributed by atoms with E-state index in [9.17, 15) is 4.79 Å². The Morgan fingerprint density at radius 1 is 1.21 bits per heavy atom. The number of nitrogens with one attached hydrogen (secondary N) is 1. The van der Waals surface area contributed by atoms with Crippen molar-refractivity contribution in [2.75, 3.05) is 6.54 Å². The molecule has 3 aromatic rings. The van der Waals surface area contributed by atoms with Crippen molar-refractivity contribution < 1.29 is 4.79 Å². The second-order valence-electron chi connectivity index (χ2n) is 6.04. The Balaban J connectivity index is 1.70. The van der Waals surface area contributed by atoms with Crippen LogP contribution in [0.3, 0.4) is 0 Å². The Labute approximate surface area is 142 Å². The molecule has 24 heavy (non-hydrogen) atoms. The molecule has 0 fully saturated rings. The van der Waals surface area contributed by atoms with Crippen LogP contribution in [-0.2, 0) is 13.0 Å². The number of nitrogens with zero attached hydrogens (tertiary/aromatic N) is 2. The normalized spacial score (nSPS) is 10.9. The summed E-state index contributed by atoms with van der Waals surface area (Å²) in [7, 11) is 0. The monoisotopic (exact) mass is 321 g/mol. The van der Waals surface area contributed by atoms with Gasteiger partial charge < -0.3 is 9.88 Å². The van der Waals surface area contributed by atoms with Crippen molar-refractivity contribution in [3.05, 3.63) is 65.5 Å². The van der Waals surface area contributed by atoms with Crippen LogP contribution in [0.2, 0.25) is 0 Å². The van der Waals surface area contributed by atoms with Crippen molar-refractivity contribution >= 4 is 16.9 Å². The minimum Gasteiger partial charge on any atom is -0.352 e. The van der Waals surface area contributed by atoms with Gasteiger partial charge in [-0.3, -0.25) is 4.79 Å².